The Morgan fingerprint density at radius 2 is 1.33 bits per heavy atom. The van der Waals surface area contributed by atoms with Crippen LogP contribution >= 0.6 is 0 Å². The molecule has 0 bridgehead atoms. The van der Waals surface area contributed by atoms with Gasteiger partial charge in [-0.3, -0.25) is 5.32 Å². The van der Waals surface area contributed by atoms with E-state index in [9.17, 15) is 5.11 Å². The maximum absolute atomic E-state index is 11.4. The fourth-order valence-corrected chi connectivity index (χ4v) is 6.36. The predicted molar refractivity (Wildman–Crippen MR) is 101 cm³/mol. The van der Waals surface area contributed by atoms with Crippen molar-refractivity contribution in [3.8, 4) is 0 Å². The molecule has 0 aromatic heterocycles. The first kappa shape index (κ1) is 20.2. The Kier molecular flexibility index (Phi) is 5.23. The maximum Gasteiger partial charge on any atom is 0.117 e. The van der Waals surface area contributed by atoms with E-state index in [1.807, 2.05) is 0 Å². The molecule has 4 unspecified atom stereocenters. The molecule has 2 saturated carbocycles. The highest BCUT2D eigenvalue weighted by atomic mass is 16.3. The summed E-state index contributed by atoms with van der Waals surface area (Å²) < 4.78 is 0. The third-order valence-electron chi connectivity index (χ3n) is 6.30. The number of rotatable bonds is 4. The molecule has 6 N–H and O–H groups in total. The van der Waals surface area contributed by atoms with E-state index in [1.54, 1.807) is 0 Å². The molecule has 0 saturated heterocycles. The number of nitrogens with two attached hydrogens (primary N) is 2. The van der Waals surface area contributed by atoms with Gasteiger partial charge in [0.05, 0.1) is 0 Å². The van der Waals surface area contributed by atoms with Crippen LogP contribution in [0.3, 0.4) is 0 Å². The van der Waals surface area contributed by atoms with E-state index in [4.69, 9.17) is 11.5 Å². The monoisotopic (exact) mass is 339 g/mol. The number of aliphatic hydroxyl groups is 1. The standard InChI is InChI=1S/C20H41N3O/c1-16(2)7-15(8-18(5,9-16)13-21)23-20(24)11-17(3,4)10-19(6,12-20)14-22/h15,23-24H,7-14,21-22H2,1-6H3. The van der Waals surface area contributed by atoms with E-state index in [0.717, 1.165) is 38.5 Å². The summed E-state index contributed by atoms with van der Waals surface area (Å²) in [4.78, 5) is 0. The third kappa shape index (κ3) is 4.72. The van der Waals surface area contributed by atoms with Crippen molar-refractivity contribution in [3.05, 3.63) is 0 Å². The maximum atomic E-state index is 11.4. The van der Waals surface area contributed by atoms with Crippen LogP contribution in [0.15, 0.2) is 0 Å². The van der Waals surface area contributed by atoms with Crippen molar-refractivity contribution in [2.45, 2.75) is 91.8 Å². The fourth-order valence-electron chi connectivity index (χ4n) is 6.36. The average molecular weight is 340 g/mol. The van der Waals surface area contributed by atoms with Gasteiger partial charge in [-0.15, -0.1) is 0 Å². The molecule has 142 valence electrons. The van der Waals surface area contributed by atoms with Gasteiger partial charge in [0, 0.05) is 6.04 Å². The first-order valence-electron chi connectivity index (χ1n) is 9.64. The van der Waals surface area contributed by atoms with Gasteiger partial charge in [-0.2, -0.15) is 0 Å². The Bertz CT molecular complexity index is 464. The summed E-state index contributed by atoms with van der Waals surface area (Å²) in [6.07, 6.45) is 5.86. The molecule has 2 aliphatic rings. The second kappa shape index (κ2) is 6.22. The van der Waals surface area contributed by atoms with Crippen molar-refractivity contribution in [3.63, 3.8) is 0 Å². The average Bonchev–Trinajstić information content (AvgIpc) is 2.32. The lowest BCUT2D eigenvalue weighted by atomic mass is 9.60. The molecule has 0 radical (unpaired) electrons. The minimum atomic E-state index is -0.830. The fraction of sp³-hybridized carbons (Fsp3) is 1.00. The second-order valence-corrected chi connectivity index (χ2v) is 11.3. The highest BCUT2D eigenvalue weighted by Crippen LogP contribution is 2.51. The van der Waals surface area contributed by atoms with E-state index in [2.05, 4.69) is 46.9 Å². The van der Waals surface area contributed by atoms with E-state index in [-0.39, 0.29) is 21.7 Å². The first-order valence-corrected chi connectivity index (χ1v) is 9.64. The minimum Gasteiger partial charge on any atom is -0.376 e. The highest BCUT2D eigenvalue weighted by Gasteiger charge is 2.50. The normalized spacial score (nSPS) is 45.1. The van der Waals surface area contributed by atoms with E-state index >= 15 is 0 Å². The SMILES string of the molecule is CC1(C)CC(NC2(O)CC(C)(C)CC(C)(CN)C2)CC(C)(CN)C1. The molecule has 2 aliphatic carbocycles. The molecule has 0 aliphatic heterocycles. The highest BCUT2D eigenvalue weighted by molar-refractivity contribution is 5.02. The van der Waals surface area contributed by atoms with Crippen molar-refractivity contribution in [2.75, 3.05) is 13.1 Å². The van der Waals surface area contributed by atoms with Crippen LogP contribution in [-0.4, -0.2) is 30.0 Å². The second-order valence-electron chi connectivity index (χ2n) is 11.3. The Hall–Kier alpha value is -0.160. The van der Waals surface area contributed by atoms with Crippen LogP contribution in [0.4, 0.5) is 0 Å². The lowest BCUT2D eigenvalue weighted by Gasteiger charge is -2.54. The van der Waals surface area contributed by atoms with Gasteiger partial charge in [-0.25, -0.2) is 0 Å². The van der Waals surface area contributed by atoms with Crippen molar-refractivity contribution in [2.24, 2.45) is 33.1 Å². The van der Waals surface area contributed by atoms with Crippen LogP contribution in [0.2, 0.25) is 0 Å². The molecule has 0 aromatic rings. The number of hydrogen-bond donors (Lipinski definition) is 4. The van der Waals surface area contributed by atoms with Crippen molar-refractivity contribution >= 4 is 0 Å². The van der Waals surface area contributed by atoms with Gasteiger partial charge >= 0.3 is 0 Å². The molecular formula is C20H41N3O. The Balaban J connectivity index is 2.18. The quantitative estimate of drug-likeness (QED) is 0.593. The molecule has 0 amide bonds. The lowest BCUT2D eigenvalue weighted by molar-refractivity contribution is -0.123. The van der Waals surface area contributed by atoms with Gasteiger partial charge in [0.1, 0.15) is 5.72 Å². The van der Waals surface area contributed by atoms with Gasteiger partial charge in [0.15, 0.2) is 0 Å². The van der Waals surface area contributed by atoms with Crippen molar-refractivity contribution in [1.29, 1.82) is 0 Å². The summed E-state index contributed by atoms with van der Waals surface area (Å²) in [7, 11) is 0. The molecule has 2 fully saturated rings. The summed E-state index contributed by atoms with van der Waals surface area (Å²) in [5.41, 5.74) is 11.8. The molecule has 0 heterocycles. The number of hydrogen-bond acceptors (Lipinski definition) is 4. The van der Waals surface area contributed by atoms with Crippen LogP contribution < -0.4 is 16.8 Å². The van der Waals surface area contributed by atoms with Gasteiger partial charge in [-0.1, -0.05) is 41.5 Å². The Morgan fingerprint density at radius 3 is 1.88 bits per heavy atom. The summed E-state index contributed by atoms with van der Waals surface area (Å²) in [6.45, 7) is 15.0. The lowest BCUT2D eigenvalue weighted by Crippen LogP contribution is -2.61. The van der Waals surface area contributed by atoms with Crippen molar-refractivity contribution < 1.29 is 5.11 Å². The summed E-state index contributed by atoms with van der Waals surface area (Å²) in [5.74, 6) is 0. The van der Waals surface area contributed by atoms with Gasteiger partial charge in [-0.05, 0) is 73.3 Å². The third-order valence-corrected chi connectivity index (χ3v) is 6.30. The van der Waals surface area contributed by atoms with E-state index < -0.39 is 5.72 Å². The molecule has 4 heteroatoms. The molecule has 2 rings (SSSR count). The summed E-state index contributed by atoms with van der Waals surface area (Å²) in [5, 5.41) is 15.1. The zero-order valence-corrected chi connectivity index (χ0v) is 16.8. The predicted octanol–water partition coefficient (Wildman–Crippen LogP) is 2.98. The summed E-state index contributed by atoms with van der Waals surface area (Å²) in [6, 6.07) is 0.309. The zero-order valence-electron chi connectivity index (χ0n) is 16.8. The zero-order chi connectivity index (χ0) is 18.4. The number of nitrogens with one attached hydrogen (secondary N) is 1. The summed E-state index contributed by atoms with van der Waals surface area (Å²) >= 11 is 0. The molecular weight excluding hydrogens is 298 g/mol. The van der Waals surface area contributed by atoms with E-state index in [1.165, 1.54) is 0 Å². The Labute approximate surface area is 149 Å². The van der Waals surface area contributed by atoms with Gasteiger partial charge < -0.3 is 16.6 Å². The molecule has 0 spiro atoms. The largest absolute Gasteiger partial charge is 0.376 e. The van der Waals surface area contributed by atoms with Gasteiger partial charge in [0.25, 0.3) is 0 Å². The topological polar surface area (TPSA) is 84.3 Å². The minimum absolute atomic E-state index is 0.00907. The van der Waals surface area contributed by atoms with E-state index in [0.29, 0.717) is 19.1 Å². The van der Waals surface area contributed by atoms with Gasteiger partial charge in [0.2, 0.25) is 0 Å². The molecule has 0 aromatic carbocycles. The van der Waals surface area contributed by atoms with Crippen molar-refractivity contribution in [1.82, 2.24) is 5.32 Å². The van der Waals surface area contributed by atoms with Crippen LogP contribution in [0.25, 0.3) is 0 Å². The van der Waals surface area contributed by atoms with Crippen LogP contribution in [0.1, 0.15) is 80.1 Å². The van der Waals surface area contributed by atoms with Crippen LogP contribution in [-0.2, 0) is 0 Å². The van der Waals surface area contributed by atoms with Crippen LogP contribution in [0.5, 0.6) is 0 Å². The van der Waals surface area contributed by atoms with Crippen LogP contribution in [0, 0.1) is 21.7 Å². The Morgan fingerprint density at radius 1 is 0.792 bits per heavy atom. The molecule has 4 atom stereocenters. The molecule has 4 nitrogen and oxygen atoms in total. The first-order chi connectivity index (χ1) is 10.7. The molecule has 24 heavy (non-hydrogen) atoms. The smallest absolute Gasteiger partial charge is 0.117 e.